The number of pyridine rings is 1. The molecule has 1 aromatic carbocycles. The molecule has 8 heteroatoms. The van der Waals surface area contributed by atoms with E-state index in [-0.39, 0.29) is 23.9 Å². The van der Waals surface area contributed by atoms with Gasteiger partial charge in [-0.1, -0.05) is 18.2 Å². The standard InChI is InChI=1S/C24H30N6O2/c1-14-7-8-16(9-15(14)2)13-32-21-6-4-5-20(21)29-24(31)18-10-17(11-27-22(18)25)19-12-28-30(3)23(19)26/h7-12,20-21H,4-6,13,26H2,1-3H3,(H2,25,27)(H,29,31)/t20-,21-/m0/s1. The highest BCUT2D eigenvalue weighted by Crippen LogP contribution is 2.28. The summed E-state index contributed by atoms with van der Waals surface area (Å²) in [5.74, 6) is 0.420. The van der Waals surface area contributed by atoms with Crippen LogP contribution in [0.5, 0.6) is 0 Å². The zero-order valence-electron chi connectivity index (χ0n) is 18.8. The molecule has 3 aromatic rings. The van der Waals surface area contributed by atoms with E-state index in [1.54, 1.807) is 30.2 Å². The number of ether oxygens (including phenoxy) is 1. The SMILES string of the molecule is Cc1ccc(CO[C@H]2CCC[C@@H]2NC(=O)c2cc(-c3cnn(C)c3N)cnc2N)cc1C. The van der Waals surface area contributed by atoms with E-state index in [0.29, 0.717) is 29.1 Å². The second-order valence-electron chi connectivity index (χ2n) is 8.50. The molecule has 2 aromatic heterocycles. The van der Waals surface area contributed by atoms with Crippen LogP contribution in [0.1, 0.15) is 46.3 Å². The quantitative estimate of drug-likeness (QED) is 0.548. The van der Waals surface area contributed by atoms with E-state index < -0.39 is 0 Å². The van der Waals surface area contributed by atoms with Crippen LogP contribution in [0.4, 0.5) is 11.6 Å². The van der Waals surface area contributed by atoms with Crippen LogP contribution >= 0.6 is 0 Å². The normalized spacial score (nSPS) is 18.1. The summed E-state index contributed by atoms with van der Waals surface area (Å²) in [5.41, 5.74) is 17.5. The summed E-state index contributed by atoms with van der Waals surface area (Å²) >= 11 is 0. The van der Waals surface area contributed by atoms with E-state index in [2.05, 4.69) is 47.4 Å². The molecule has 0 radical (unpaired) electrons. The van der Waals surface area contributed by atoms with Gasteiger partial charge in [-0.2, -0.15) is 5.10 Å². The summed E-state index contributed by atoms with van der Waals surface area (Å²) in [6.07, 6.45) is 6.00. The first-order valence-corrected chi connectivity index (χ1v) is 10.9. The lowest BCUT2D eigenvalue weighted by molar-refractivity contribution is 0.0272. The van der Waals surface area contributed by atoms with Gasteiger partial charge in [0.15, 0.2) is 0 Å². The average molecular weight is 435 g/mol. The zero-order chi connectivity index (χ0) is 22.8. The van der Waals surface area contributed by atoms with Gasteiger partial charge in [0.1, 0.15) is 11.6 Å². The van der Waals surface area contributed by atoms with Gasteiger partial charge in [-0.05, 0) is 55.9 Å². The number of carbonyl (C=O) groups is 1. The number of rotatable bonds is 6. The average Bonchev–Trinajstić information content (AvgIpc) is 3.35. The first-order valence-electron chi connectivity index (χ1n) is 10.9. The van der Waals surface area contributed by atoms with Crippen molar-refractivity contribution in [2.24, 2.45) is 7.05 Å². The number of carbonyl (C=O) groups excluding carboxylic acids is 1. The topological polar surface area (TPSA) is 121 Å². The van der Waals surface area contributed by atoms with Crippen LogP contribution in [0.25, 0.3) is 11.1 Å². The Balaban J connectivity index is 1.45. The maximum absolute atomic E-state index is 13.1. The maximum Gasteiger partial charge on any atom is 0.255 e. The number of nitrogen functional groups attached to an aromatic ring is 2. The fraction of sp³-hybridized carbons (Fsp3) is 0.375. The second-order valence-corrected chi connectivity index (χ2v) is 8.50. The number of nitrogens with one attached hydrogen (secondary N) is 1. The summed E-state index contributed by atoms with van der Waals surface area (Å²) in [7, 11) is 1.76. The maximum atomic E-state index is 13.1. The number of nitrogens with two attached hydrogens (primary N) is 2. The first-order chi connectivity index (χ1) is 15.3. The molecule has 1 fully saturated rings. The van der Waals surface area contributed by atoms with Crippen molar-refractivity contribution in [3.8, 4) is 11.1 Å². The van der Waals surface area contributed by atoms with Crippen molar-refractivity contribution in [3.63, 3.8) is 0 Å². The summed E-state index contributed by atoms with van der Waals surface area (Å²) in [5, 5.41) is 7.26. The second kappa shape index (κ2) is 9.00. The molecule has 0 aliphatic heterocycles. The fourth-order valence-corrected chi connectivity index (χ4v) is 4.11. The Labute approximate surface area is 188 Å². The van der Waals surface area contributed by atoms with Crippen molar-refractivity contribution in [2.45, 2.75) is 51.9 Å². The van der Waals surface area contributed by atoms with Crippen LogP contribution in [0.3, 0.4) is 0 Å². The van der Waals surface area contributed by atoms with Crippen molar-refractivity contribution in [3.05, 3.63) is 58.9 Å². The van der Waals surface area contributed by atoms with Crippen molar-refractivity contribution in [2.75, 3.05) is 11.5 Å². The lowest BCUT2D eigenvalue weighted by atomic mass is 10.1. The third kappa shape index (κ3) is 4.45. The Bertz CT molecular complexity index is 1140. The Morgan fingerprint density at radius 3 is 2.72 bits per heavy atom. The van der Waals surface area contributed by atoms with Gasteiger partial charge in [-0.3, -0.25) is 9.48 Å². The van der Waals surface area contributed by atoms with Crippen LogP contribution < -0.4 is 16.8 Å². The molecular formula is C24H30N6O2. The highest BCUT2D eigenvalue weighted by Gasteiger charge is 2.30. The molecule has 8 nitrogen and oxygen atoms in total. The fourth-order valence-electron chi connectivity index (χ4n) is 4.11. The van der Waals surface area contributed by atoms with Gasteiger partial charge in [0.05, 0.1) is 30.5 Å². The van der Waals surface area contributed by atoms with E-state index in [4.69, 9.17) is 16.2 Å². The van der Waals surface area contributed by atoms with Gasteiger partial charge in [0.2, 0.25) is 0 Å². The van der Waals surface area contributed by atoms with E-state index in [0.717, 1.165) is 24.8 Å². The van der Waals surface area contributed by atoms with E-state index in [1.165, 1.54) is 11.1 Å². The smallest absolute Gasteiger partial charge is 0.255 e. The van der Waals surface area contributed by atoms with Crippen molar-refractivity contribution in [1.29, 1.82) is 0 Å². The Morgan fingerprint density at radius 2 is 2.00 bits per heavy atom. The zero-order valence-corrected chi connectivity index (χ0v) is 18.8. The van der Waals surface area contributed by atoms with Crippen molar-refractivity contribution < 1.29 is 9.53 Å². The number of aromatic nitrogens is 3. The molecule has 1 aliphatic carbocycles. The minimum Gasteiger partial charge on any atom is -0.383 e. The molecule has 1 saturated carbocycles. The molecule has 0 spiro atoms. The summed E-state index contributed by atoms with van der Waals surface area (Å²) in [6.45, 7) is 4.72. The minimum absolute atomic E-state index is 0.0353. The lowest BCUT2D eigenvalue weighted by Gasteiger charge is -2.22. The number of aryl methyl sites for hydroxylation is 3. The number of benzene rings is 1. The third-order valence-electron chi connectivity index (χ3n) is 6.26. The molecule has 168 valence electrons. The number of nitrogens with zero attached hydrogens (tertiary/aromatic N) is 3. The number of hydrogen-bond donors (Lipinski definition) is 3. The Hall–Kier alpha value is -3.39. The monoisotopic (exact) mass is 434 g/mol. The number of amides is 1. The van der Waals surface area contributed by atoms with Crippen LogP contribution in [-0.4, -0.2) is 32.8 Å². The molecule has 1 amide bonds. The third-order valence-corrected chi connectivity index (χ3v) is 6.26. The largest absolute Gasteiger partial charge is 0.383 e. The van der Waals surface area contributed by atoms with Gasteiger partial charge in [-0.25, -0.2) is 4.98 Å². The molecule has 0 unspecified atom stereocenters. The summed E-state index contributed by atoms with van der Waals surface area (Å²) < 4.78 is 7.76. The minimum atomic E-state index is -0.258. The van der Waals surface area contributed by atoms with Crippen LogP contribution in [0.2, 0.25) is 0 Å². The molecule has 2 heterocycles. The van der Waals surface area contributed by atoms with Crippen LogP contribution in [0.15, 0.2) is 36.7 Å². The predicted octanol–water partition coefficient (Wildman–Crippen LogP) is 3.13. The van der Waals surface area contributed by atoms with Gasteiger partial charge in [0.25, 0.3) is 5.91 Å². The summed E-state index contributed by atoms with van der Waals surface area (Å²) in [6, 6.07) is 8.00. The van der Waals surface area contributed by atoms with Gasteiger partial charge in [-0.15, -0.1) is 0 Å². The Kier molecular flexibility index (Phi) is 6.14. The molecule has 32 heavy (non-hydrogen) atoms. The summed E-state index contributed by atoms with van der Waals surface area (Å²) in [4.78, 5) is 17.3. The predicted molar refractivity (Wildman–Crippen MR) is 125 cm³/mol. The molecule has 2 atom stereocenters. The van der Waals surface area contributed by atoms with Crippen LogP contribution in [0, 0.1) is 13.8 Å². The molecule has 4 rings (SSSR count). The molecule has 5 N–H and O–H groups in total. The molecule has 0 bridgehead atoms. The highest BCUT2D eigenvalue weighted by molar-refractivity contribution is 5.99. The van der Waals surface area contributed by atoms with E-state index in [1.807, 2.05) is 0 Å². The Morgan fingerprint density at radius 1 is 1.19 bits per heavy atom. The molecule has 0 saturated heterocycles. The van der Waals surface area contributed by atoms with E-state index >= 15 is 0 Å². The molecular weight excluding hydrogens is 404 g/mol. The highest BCUT2D eigenvalue weighted by atomic mass is 16.5. The number of hydrogen-bond acceptors (Lipinski definition) is 6. The van der Waals surface area contributed by atoms with Gasteiger partial charge in [0, 0.05) is 24.4 Å². The van der Waals surface area contributed by atoms with Gasteiger partial charge < -0.3 is 21.5 Å². The van der Waals surface area contributed by atoms with Crippen molar-refractivity contribution >= 4 is 17.5 Å². The first kappa shape index (κ1) is 21.8. The lowest BCUT2D eigenvalue weighted by Crippen LogP contribution is -2.41. The number of anilines is 2. The van der Waals surface area contributed by atoms with Gasteiger partial charge >= 0.3 is 0 Å². The molecule has 1 aliphatic rings. The van der Waals surface area contributed by atoms with Crippen molar-refractivity contribution in [1.82, 2.24) is 20.1 Å². The van der Waals surface area contributed by atoms with Crippen LogP contribution in [-0.2, 0) is 18.4 Å². The van der Waals surface area contributed by atoms with E-state index in [9.17, 15) is 4.79 Å².